The third-order valence-corrected chi connectivity index (χ3v) is 3.39. The number of nitrogens with two attached hydrogens (primary N) is 1. The van der Waals surface area contributed by atoms with Gasteiger partial charge in [-0.05, 0) is 18.2 Å². The molecule has 0 saturated carbocycles. The molecular weight excluding hydrogens is 260 g/mol. The molecule has 3 aromatic rings. The SMILES string of the molecule is N#Cc1c(-c2ccco2)cc(-c2nccs2)nc1N. The highest BCUT2D eigenvalue weighted by Crippen LogP contribution is 2.31. The maximum atomic E-state index is 9.19. The minimum Gasteiger partial charge on any atom is -0.464 e. The van der Waals surface area contributed by atoms with Crippen LogP contribution in [-0.4, -0.2) is 9.97 Å². The predicted octanol–water partition coefficient (Wildman–Crippen LogP) is 2.92. The molecule has 92 valence electrons. The molecule has 0 aliphatic rings. The number of hydrogen-bond donors (Lipinski definition) is 1. The van der Waals surface area contributed by atoms with Gasteiger partial charge in [0.05, 0.1) is 6.26 Å². The van der Waals surface area contributed by atoms with Gasteiger partial charge in [-0.1, -0.05) is 0 Å². The van der Waals surface area contributed by atoms with Crippen LogP contribution in [-0.2, 0) is 0 Å². The van der Waals surface area contributed by atoms with Gasteiger partial charge in [-0.3, -0.25) is 0 Å². The van der Waals surface area contributed by atoms with Crippen molar-refractivity contribution in [2.24, 2.45) is 0 Å². The van der Waals surface area contributed by atoms with E-state index in [1.807, 2.05) is 5.38 Å². The average Bonchev–Trinajstić information content (AvgIpc) is 3.11. The lowest BCUT2D eigenvalue weighted by Crippen LogP contribution is -1.99. The van der Waals surface area contributed by atoms with Gasteiger partial charge in [0.15, 0.2) is 0 Å². The van der Waals surface area contributed by atoms with Crippen LogP contribution in [0.4, 0.5) is 5.82 Å². The molecule has 3 rings (SSSR count). The van der Waals surface area contributed by atoms with Gasteiger partial charge >= 0.3 is 0 Å². The maximum absolute atomic E-state index is 9.19. The number of nitrogen functional groups attached to an aromatic ring is 1. The Kier molecular flexibility index (Phi) is 2.74. The van der Waals surface area contributed by atoms with Crippen LogP contribution in [0.5, 0.6) is 0 Å². The molecule has 0 bridgehead atoms. The summed E-state index contributed by atoms with van der Waals surface area (Å²) in [6.45, 7) is 0. The van der Waals surface area contributed by atoms with E-state index in [9.17, 15) is 5.26 Å². The number of anilines is 1. The summed E-state index contributed by atoms with van der Waals surface area (Å²) in [7, 11) is 0. The zero-order chi connectivity index (χ0) is 13.2. The van der Waals surface area contributed by atoms with Crippen LogP contribution in [0.25, 0.3) is 22.0 Å². The molecule has 0 saturated heterocycles. The summed E-state index contributed by atoms with van der Waals surface area (Å²) in [6, 6.07) is 7.37. The molecule has 0 radical (unpaired) electrons. The molecule has 0 aromatic carbocycles. The van der Waals surface area contributed by atoms with Crippen LogP contribution >= 0.6 is 11.3 Å². The third kappa shape index (κ3) is 1.96. The highest BCUT2D eigenvalue weighted by atomic mass is 32.1. The van der Waals surface area contributed by atoms with Crippen LogP contribution in [0.15, 0.2) is 40.5 Å². The van der Waals surface area contributed by atoms with Crippen LogP contribution in [0, 0.1) is 11.3 Å². The molecule has 6 heteroatoms. The van der Waals surface area contributed by atoms with Gasteiger partial charge in [0.1, 0.15) is 33.9 Å². The number of nitrogens with zero attached hydrogens (tertiary/aromatic N) is 3. The van der Waals surface area contributed by atoms with Gasteiger partial charge in [-0.25, -0.2) is 9.97 Å². The summed E-state index contributed by atoms with van der Waals surface area (Å²) < 4.78 is 5.34. The molecule has 0 aliphatic heterocycles. The van der Waals surface area contributed by atoms with Gasteiger partial charge in [0.2, 0.25) is 0 Å². The first kappa shape index (κ1) is 11.4. The second kappa shape index (κ2) is 4.55. The molecule has 0 unspecified atom stereocenters. The smallest absolute Gasteiger partial charge is 0.142 e. The van der Waals surface area contributed by atoms with Crippen LogP contribution in [0.3, 0.4) is 0 Å². The van der Waals surface area contributed by atoms with Gasteiger partial charge in [0, 0.05) is 17.1 Å². The maximum Gasteiger partial charge on any atom is 0.142 e. The zero-order valence-electron chi connectivity index (χ0n) is 9.70. The second-order valence-corrected chi connectivity index (χ2v) is 4.64. The van der Waals surface area contributed by atoms with E-state index in [1.165, 1.54) is 11.3 Å². The summed E-state index contributed by atoms with van der Waals surface area (Å²) in [5.74, 6) is 0.769. The number of rotatable bonds is 2. The van der Waals surface area contributed by atoms with Crippen LogP contribution in [0.2, 0.25) is 0 Å². The normalized spacial score (nSPS) is 10.3. The Hall–Kier alpha value is -2.65. The second-order valence-electron chi connectivity index (χ2n) is 3.74. The Labute approximate surface area is 113 Å². The molecule has 0 atom stereocenters. The highest BCUT2D eigenvalue weighted by Gasteiger charge is 2.15. The molecule has 2 N–H and O–H groups in total. The lowest BCUT2D eigenvalue weighted by Gasteiger charge is -2.06. The molecule has 3 aromatic heterocycles. The van der Waals surface area contributed by atoms with Gasteiger partial charge in [0.25, 0.3) is 0 Å². The average molecular weight is 268 g/mol. The quantitative estimate of drug-likeness (QED) is 0.771. The Morgan fingerprint density at radius 2 is 2.32 bits per heavy atom. The molecule has 3 heterocycles. The Morgan fingerprint density at radius 1 is 1.42 bits per heavy atom. The summed E-state index contributed by atoms with van der Waals surface area (Å²) in [4.78, 5) is 8.41. The Balaban J connectivity index is 2.25. The third-order valence-electron chi connectivity index (χ3n) is 2.60. The molecule has 0 amide bonds. The van der Waals surface area contributed by atoms with Gasteiger partial charge in [-0.15, -0.1) is 11.3 Å². The van der Waals surface area contributed by atoms with Gasteiger partial charge < -0.3 is 10.2 Å². The van der Waals surface area contributed by atoms with Crippen molar-refractivity contribution in [3.05, 3.63) is 41.6 Å². The monoisotopic (exact) mass is 268 g/mol. The van der Waals surface area contributed by atoms with E-state index in [1.54, 1.807) is 30.7 Å². The molecular formula is C13H8N4OS. The first-order chi connectivity index (χ1) is 9.29. The van der Waals surface area contributed by atoms with Crippen LogP contribution < -0.4 is 5.73 Å². The molecule has 5 nitrogen and oxygen atoms in total. The van der Waals surface area contributed by atoms with Crippen molar-refractivity contribution in [1.29, 1.82) is 5.26 Å². The van der Waals surface area contributed by atoms with Crippen molar-refractivity contribution < 1.29 is 4.42 Å². The number of furan rings is 1. The number of nitriles is 1. The van der Waals surface area contributed by atoms with Crippen molar-refractivity contribution in [2.45, 2.75) is 0 Å². The summed E-state index contributed by atoms with van der Waals surface area (Å²) in [5.41, 5.74) is 7.43. The number of thiazole rings is 1. The Morgan fingerprint density at radius 3 is 2.95 bits per heavy atom. The largest absolute Gasteiger partial charge is 0.464 e. The number of hydrogen-bond acceptors (Lipinski definition) is 6. The van der Waals surface area contributed by atoms with Crippen molar-refractivity contribution in [3.63, 3.8) is 0 Å². The van der Waals surface area contributed by atoms with Crippen molar-refractivity contribution >= 4 is 17.2 Å². The number of pyridine rings is 1. The number of aromatic nitrogens is 2. The summed E-state index contributed by atoms with van der Waals surface area (Å²) in [6.07, 6.45) is 3.25. The van der Waals surface area contributed by atoms with Crippen molar-refractivity contribution in [2.75, 3.05) is 5.73 Å². The van der Waals surface area contributed by atoms with E-state index in [0.717, 1.165) is 5.01 Å². The Bertz CT molecular complexity index is 742. The highest BCUT2D eigenvalue weighted by molar-refractivity contribution is 7.13. The minimum atomic E-state index is 0.182. The fourth-order valence-electron chi connectivity index (χ4n) is 1.77. The molecule has 0 aliphatic carbocycles. The lowest BCUT2D eigenvalue weighted by atomic mass is 10.1. The fraction of sp³-hybridized carbons (Fsp3) is 0. The first-order valence-corrected chi connectivity index (χ1v) is 6.32. The van der Waals surface area contributed by atoms with Crippen molar-refractivity contribution in [3.8, 4) is 28.1 Å². The lowest BCUT2D eigenvalue weighted by molar-refractivity contribution is 0.582. The summed E-state index contributed by atoms with van der Waals surface area (Å²) in [5, 5.41) is 11.8. The van der Waals surface area contributed by atoms with E-state index in [0.29, 0.717) is 22.6 Å². The molecule has 0 fully saturated rings. The first-order valence-electron chi connectivity index (χ1n) is 5.44. The zero-order valence-corrected chi connectivity index (χ0v) is 10.5. The van der Waals surface area contributed by atoms with E-state index >= 15 is 0 Å². The standard InChI is InChI=1S/C13H8N4OS/c14-7-9-8(11-2-1-4-18-11)6-10(17-12(9)15)13-16-3-5-19-13/h1-6H,(H2,15,17). The minimum absolute atomic E-state index is 0.182. The summed E-state index contributed by atoms with van der Waals surface area (Å²) >= 11 is 1.46. The van der Waals surface area contributed by atoms with Gasteiger partial charge in [-0.2, -0.15) is 5.26 Å². The fourth-order valence-corrected chi connectivity index (χ4v) is 2.37. The van der Waals surface area contributed by atoms with Crippen molar-refractivity contribution in [1.82, 2.24) is 9.97 Å². The predicted molar refractivity (Wildman–Crippen MR) is 72.2 cm³/mol. The van der Waals surface area contributed by atoms with E-state index in [2.05, 4.69) is 16.0 Å². The molecule has 0 spiro atoms. The van der Waals surface area contributed by atoms with E-state index < -0.39 is 0 Å². The molecule has 19 heavy (non-hydrogen) atoms. The van der Waals surface area contributed by atoms with E-state index in [4.69, 9.17) is 10.2 Å². The van der Waals surface area contributed by atoms with Crippen LogP contribution in [0.1, 0.15) is 5.56 Å². The van der Waals surface area contributed by atoms with E-state index in [-0.39, 0.29) is 5.82 Å². The topological polar surface area (TPSA) is 88.7 Å².